The van der Waals surface area contributed by atoms with Gasteiger partial charge >= 0.3 is 0 Å². The summed E-state index contributed by atoms with van der Waals surface area (Å²) in [6.07, 6.45) is 0. The Morgan fingerprint density at radius 1 is 0.342 bits per heavy atom. The van der Waals surface area contributed by atoms with Crippen LogP contribution >= 0.6 is 0 Å². The van der Waals surface area contributed by atoms with Gasteiger partial charge in [-0.2, -0.15) is 0 Å². The molecule has 0 fully saturated rings. The van der Waals surface area contributed by atoms with Crippen molar-refractivity contribution in [1.82, 2.24) is 0 Å². The predicted molar refractivity (Wildman–Crippen MR) is 169 cm³/mol. The van der Waals surface area contributed by atoms with Gasteiger partial charge in [-0.3, -0.25) is 0 Å². The highest BCUT2D eigenvalue weighted by Crippen LogP contribution is 2.53. The second kappa shape index (κ2) is 6.94. The van der Waals surface area contributed by atoms with Crippen molar-refractivity contribution in [2.75, 3.05) is 0 Å². The van der Waals surface area contributed by atoms with Crippen LogP contribution in [0.4, 0.5) is 0 Å². The quantitative estimate of drug-likeness (QED) is 0.186. The summed E-state index contributed by atoms with van der Waals surface area (Å²) in [5.74, 6) is 0. The highest BCUT2D eigenvalue weighted by molar-refractivity contribution is 6.40. The molecule has 0 N–H and O–H groups in total. The minimum absolute atomic E-state index is 0.0287. The van der Waals surface area contributed by atoms with Crippen molar-refractivity contribution in [3.8, 4) is 0 Å². The van der Waals surface area contributed by atoms with Gasteiger partial charge in [0.15, 0.2) is 0 Å². The zero-order valence-corrected chi connectivity index (χ0v) is 23.1. The van der Waals surface area contributed by atoms with E-state index in [1.807, 2.05) is 0 Å². The summed E-state index contributed by atoms with van der Waals surface area (Å²) in [6.45, 7) is 14.4. The van der Waals surface area contributed by atoms with E-state index in [1.54, 1.807) is 0 Å². The minimum atomic E-state index is -0.0334. The zero-order chi connectivity index (χ0) is 26.1. The number of hydrogen-bond donors (Lipinski definition) is 0. The molecule has 0 atom stereocenters. The first-order valence-corrected chi connectivity index (χ1v) is 13.9. The highest BCUT2D eigenvalue weighted by Gasteiger charge is 2.32. The second-order valence-corrected chi connectivity index (χ2v) is 13.3. The second-order valence-electron chi connectivity index (χ2n) is 13.3. The Hall–Kier alpha value is -3.90. The molecule has 8 rings (SSSR count). The molecule has 184 valence electrons. The number of rotatable bonds is 0. The molecule has 0 aromatic heterocycles. The number of hydrogen-bond acceptors (Lipinski definition) is 0. The van der Waals surface area contributed by atoms with Crippen LogP contribution in [0.3, 0.4) is 0 Å². The number of benzene rings is 6. The van der Waals surface area contributed by atoms with Gasteiger partial charge in [0, 0.05) is 0 Å². The monoisotopic (exact) mass is 488 g/mol. The van der Waals surface area contributed by atoms with Gasteiger partial charge in [-0.15, -0.1) is 0 Å². The fourth-order valence-electron chi connectivity index (χ4n) is 7.68. The van der Waals surface area contributed by atoms with Gasteiger partial charge in [-0.25, -0.2) is 0 Å². The van der Waals surface area contributed by atoms with Crippen molar-refractivity contribution in [3.05, 3.63) is 96.1 Å². The topological polar surface area (TPSA) is 0 Å². The van der Waals surface area contributed by atoms with E-state index in [0.717, 1.165) is 0 Å². The summed E-state index contributed by atoms with van der Waals surface area (Å²) < 4.78 is 0. The molecule has 8 aromatic carbocycles. The molecule has 0 aliphatic rings. The molecule has 0 saturated carbocycles. The summed E-state index contributed by atoms with van der Waals surface area (Å²) in [4.78, 5) is 0. The van der Waals surface area contributed by atoms with Gasteiger partial charge in [-0.05, 0) is 103 Å². The molecular weight excluding hydrogens is 456 g/mol. The maximum Gasteiger partial charge on any atom is -0.00198 e. The van der Waals surface area contributed by atoms with E-state index in [1.165, 1.54) is 86.5 Å². The lowest BCUT2D eigenvalue weighted by molar-refractivity contribution is 0.594. The Balaban J connectivity index is 1.82. The van der Waals surface area contributed by atoms with Gasteiger partial charge in [0.2, 0.25) is 0 Å². The SMILES string of the molecule is CC(C)(C)c1c2cc3c4ccccc4c4cccc(c2c(C(C)(C)C)c2c5cccc6cccc(c12)c65)c43. The van der Waals surface area contributed by atoms with Crippen molar-refractivity contribution >= 4 is 75.4 Å². The largest absolute Gasteiger partial charge is 0.0616 e. The predicted octanol–water partition coefficient (Wildman–Crippen LogP) is 11.2. The molecule has 0 spiro atoms. The van der Waals surface area contributed by atoms with Crippen LogP contribution in [-0.4, -0.2) is 0 Å². The van der Waals surface area contributed by atoms with Crippen LogP contribution in [0.15, 0.2) is 84.9 Å². The summed E-state index contributed by atoms with van der Waals surface area (Å²) in [7, 11) is 0. The van der Waals surface area contributed by atoms with Crippen LogP contribution in [-0.2, 0) is 10.8 Å². The molecule has 0 saturated heterocycles. The van der Waals surface area contributed by atoms with Crippen molar-refractivity contribution in [1.29, 1.82) is 0 Å². The van der Waals surface area contributed by atoms with Crippen molar-refractivity contribution < 1.29 is 0 Å². The minimum Gasteiger partial charge on any atom is -0.0616 e. The molecule has 0 amide bonds. The Bertz CT molecular complexity index is 2220. The van der Waals surface area contributed by atoms with Crippen molar-refractivity contribution in [2.45, 2.75) is 52.4 Å². The summed E-state index contributed by atoms with van der Waals surface area (Å²) >= 11 is 0. The first-order chi connectivity index (χ1) is 18.2. The first-order valence-electron chi connectivity index (χ1n) is 13.9. The van der Waals surface area contributed by atoms with Crippen molar-refractivity contribution in [2.24, 2.45) is 0 Å². The fourth-order valence-corrected chi connectivity index (χ4v) is 7.68. The first kappa shape index (κ1) is 22.1. The lowest BCUT2D eigenvalue weighted by Gasteiger charge is -2.30. The van der Waals surface area contributed by atoms with Gasteiger partial charge in [0.1, 0.15) is 0 Å². The van der Waals surface area contributed by atoms with E-state index in [2.05, 4.69) is 126 Å². The van der Waals surface area contributed by atoms with Gasteiger partial charge in [0.05, 0.1) is 0 Å². The van der Waals surface area contributed by atoms with Crippen LogP contribution in [0.2, 0.25) is 0 Å². The van der Waals surface area contributed by atoms with E-state index in [4.69, 9.17) is 0 Å². The van der Waals surface area contributed by atoms with Gasteiger partial charge in [0.25, 0.3) is 0 Å². The van der Waals surface area contributed by atoms with Crippen LogP contribution in [0.5, 0.6) is 0 Å². The summed E-state index contributed by atoms with van der Waals surface area (Å²) in [5.41, 5.74) is 2.90. The average Bonchev–Trinajstić information content (AvgIpc) is 3.37. The maximum absolute atomic E-state index is 2.55. The van der Waals surface area contributed by atoms with Gasteiger partial charge < -0.3 is 0 Å². The molecule has 0 bridgehead atoms. The van der Waals surface area contributed by atoms with E-state index >= 15 is 0 Å². The maximum atomic E-state index is 2.55. The zero-order valence-electron chi connectivity index (χ0n) is 23.1. The van der Waals surface area contributed by atoms with E-state index in [9.17, 15) is 0 Å². The van der Waals surface area contributed by atoms with Crippen LogP contribution in [0.25, 0.3) is 75.4 Å². The molecule has 38 heavy (non-hydrogen) atoms. The molecule has 0 heteroatoms. The Kier molecular flexibility index (Phi) is 4.04. The molecule has 0 radical (unpaired) electrons. The van der Waals surface area contributed by atoms with Crippen LogP contribution < -0.4 is 0 Å². The summed E-state index contributed by atoms with van der Waals surface area (Å²) in [5, 5.41) is 19.6. The van der Waals surface area contributed by atoms with Crippen LogP contribution in [0.1, 0.15) is 52.7 Å². The van der Waals surface area contributed by atoms with E-state index in [0.29, 0.717) is 0 Å². The standard InChI is InChI=1S/C38H32/c1-37(2,3)35-29-20-28-23-15-8-7-14-22(23)24-16-11-19-27(31(24)28)32(29)36(38(4,5)6)34-26-18-10-13-21-12-9-17-25(30(21)26)33(34)35/h7-20H,1-6H3. The molecule has 8 aromatic rings. The normalized spacial score (nSPS) is 13.5. The van der Waals surface area contributed by atoms with E-state index in [-0.39, 0.29) is 10.8 Å². The molecule has 0 nitrogen and oxygen atoms in total. The lowest BCUT2D eigenvalue weighted by Crippen LogP contribution is -2.17. The third kappa shape index (κ3) is 2.61. The average molecular weight is 489 g/mol. The Morgan fingerprint density at radius 3 is 1.42 bits per heavy atom. The Morgan fingerprint density at radius 2 is 0.816 bits per heavy atom. The third-order valence-electron chi connectivity index (χ3n) is 8.88. The van der Waals surface area contributed by atoms with E-state index < -0.39 is 0 Å². The highest BCUT2D eigenvalue weighted by atomic mass is 14.4. The molecule has 0 aliphatic heterocycles. The number of fused-ring (bicyclic) bond motifs is 8. The molecule has 0 heterocycles. The smallest absolute Gasteiger partial charge is 0.00198 e. The lowest BCUT2D eigenvalue weighted by atomic mass is 9.73. The van der Waals surface area contributed by atoms with Crippen molar-refractivity contribution in [3.63, 3.8) is 0 Å². The third-order valence-corrected chi connectivity index (χ3v) is 8.88. The Labute approximate surface area is 223 Å². The van der Waals surface area contributed by atoms with Crippen LogP contribution in [0, 0.1) is 0 Å². The molecule has 0 aliphatic carbocycles. The summed E-state index contributed by atoms with van der Waals surface area (Å²) in [6, 6.07) is 32.2. The molecular formula is C38H32. The molecule has 0 unspecified atom stereocenters. The fraction of sp³-hybridized carbons (Fsp3) is 0.211. The van der Waals surface area contributed by atoms with Gasteiger partial charge in [-0.1, -0.05) is 120 Å².